The van der Waals surface area contributed by atoms with Gasteiger partial charge in [-0.05, 0) is 47.7 Å². The fourth-order valence-corrected chi connectivity index (χ4v) is 5.72. The van der Waals surface area contributed by atoms with Crippen LogP contribution >= 0.6 is 13.5 Å². The Morgan fingerprint density at radius 1 is 0.941 bits per heavy atom. The normalized spacial score (nSPS) is 14.9. The second-order valence-corrected chi connectivity index (χ2v) is 9.61. The molecule has 3 N–H and O–H groups in total. The average molecular weight is 495 g/mol. The minimum absolute atomic E-state index is 0. The molecule has 0 fully saturated rings. The number of rotatable bonds is 5. The first kappa shape index (κ1) is 23.9. The van der Waals surface area contributed by atoms with E-state index in [1.807, 2.05) is 24.3 Å². The summed E-state index contributed by atoms with van der Waals surface area (Å²) < 4.78 is 44.5. The van der Waals surface area contributed by atoms with Gasteiger partial charge in [-0.2, -0.15) is 13.5 Å². The predicted octanol–water partition coefficient (Wildman–Crippen LogP) is 4.61. The van der Waals surface area contributed by atoms with Crippen molar-refractivity contribution >= 4 is 29.3 Å². The fraction of sp³-hybridized carbons (Fsp3) is 0.120. The van der Waals surface area contributed by atoms with Gasteiger partial charge in [-0.15, -0.1) is 0 Å². The third-order valence-electron chi connectivity index (χ3n) is 5.83. The predicted molar refractivity (Wildman–Crippen MR) is 135 cm³/mol. The average Bonchev–Trinajstić information content (AvgIpc) is 3.22. The second-order valence-electron chi connectivity index (χ2n) is 7.93. The summed E-state index contributed by atoms with van der Waals surface area (Å²) in [5.74, 6) is -0.288. The van der Waals surface area contributed by atoms with Crippen LogP contribution in [0.25, 0.3) is 22.4 Å². The Bertz CT molecular complexity index is 1440. The highest BCUT2D eigenvalue weighted by Gasteiger charge is 2.28. The number of anilines is 1. The highest BCUT2D eigenvalue weighted by molar-refractivity contribution is 7.89. The summed E-state index contributed by atoms with van der Waals surface area (Å²) in [6.45, 7) is 0. The van der Waals surface area contributed by atoms with Crippen molar-refractivity contribution in [1.29, 1.82) is 0 Å². The lowest BCUT2D eigenvalue weighted by atomic mass is 10.0. The zero-order valence-electron chi connectivity index (χ0n) is 18.1. The van der Waals surface area contributed by atoms with Gasteiger partial charge in [0.2, 0.25) is 10.0 Å². The molecule has 0 saturated heterocycles. The molecular weight excluding hydrogens is 471 g/mol. The molecular formula is C25H23FN4O2S2. The van der Waals surface area contributed by atoms with E-state index < -0.39 is 15.8 Å². The minimum atomic E-state index is -3.85. The molecule has 0 unspecified atom stereocenters. The minimum Gasteiger partial charge on any atom is -0.382 e. The summed E-state index contributed by atoms with van der Waals surface area (Å²) in [6.07, 6.45) is 4.28. The Hall–Kier alpha value is -3.27. The van der Waals surface area contributed by atoms with Crippen molar-refractivity contribution < 1.29 is 12.8 Å². The third kappa shape index (κ3) is 4.54. The van der Waals surface area contributed by atoms with E-state index in [1.165, 1.54) is 24.5 Å². The molecule has 4 aromatic rings. The molecule has 1 aliphatic rings. The molecule has 1 atom stereocenters. The molecule has 3 aromatic carbocycles. The molecule has 174 valence electrons. The Morgan fingerprint density at radius 2 is 1.71 bits per heavy atom. The van der Waals surface area contributed by atoms with E-state index >= 15 is 0 Å². The molecule has 0 amide bonds. The zero-order valence-corrected chi connectivity index (χ0v) is 19.9. The first-order valence-corrected chi connectivity index (χ1v) is 12.0. The van der Waals surface area contributed by atoms with E-state index in [-0.39, 0.29) is 35.8 Å². The van der Waals surface area contributed by atoms with Crippen molar-refractivity contribution in [3.63, 3.8) is 0 Å². The Kier molecular flexibility index (Phi) is 6.70. The van der Waals surface area contributed by atoms with Crippen molar-refractivity contribution in [2.24, 2.45) is 0 Å². The van der Waals surface area contributed by atoms with Crippen molar-refractivity contribution in [2.45, 2.75) is 23.8 Å². The monoisotopic (exact) mass is 494 g/mol. The summed E-state index contributed by atoms with van der Waals surface area (Å²) in [4.78, 5) is 8.17. The van der Waals surface area contributed by atoms with E-state index in [2.05, 4.69) is 14.7 Å². The van der Waals surface area contributed by atoms with Crippen molar-refractivity contribution in [3.05, 3.63) is 96.1 Å². The number of hydrogen-bond donors (Lipinski definition) is 2. The van der Waals surface area contributed by atoms with Crippen molar-refractivity contribution in [1.82, 2.24) is 14.7 Å². The Balaban J connectivity index is 0.00000274. The molecule has 1 aromatic heterocycles. The van der Waals surface area contributed by atoms with E-state index in [1.54, 1.807) is 30.3 Å². The van der Waals surface area contributed by atoms with Crippen LogP contribution in [-0.4, -0.2) is 18.4 Å². The Morgan fingerprint density at radius 3 is 2.47 bits per heavy atom. The number of hydrogen-bond acceptors (Lipinski definition) is 5. The van der Waals surface area contributed by atoms with Gasteiger partial charge in [0, 0.05) is 17.2 Å². The molecule has 34 heavy (non-hydrogen) atoms. The van der Waals surface area contributed by atoms with Gasteiger partial charge in [-0.1, -0.05) is 48.5 Å². The molecule has 0 spiro atoms. The van der Waals surface area contributed by atoms with Gasteiger partial charge in [0.05, 0.1) is 23.0 Å². The molecule has 5 rings (SSSR count). The molecule has 9 heteroatoms. The van der Waals surface area contributed by atoms with Gasteiger partial charge >= 0.3 is 0 Å². The largest absolute Gasteiger partial charge is 0.382 e. The van der Waals surface area contributed by atoms with Crippen molar-refractivity contribution in [3.8, 4) is 22.4 Å². The summed E-state index contributed by atoms with van der Waals surface area (Å²) in [5.41, 5.74) is 9.18. The Labute approximate surface area is 204 Å². The first-order valence-electron chi connectivity index (χ1n) is 10.5. The highest BCUT2D eigenvalue weighted by atomic mass is 32.2. The van der Waals surface area contributed by atoms with Crippen LogP contribution in [0.2, 0.25) is 0 Å². The van der Waals surface area contributed by atoms with E-state index in [4.69, 9.17) is 5.73 Å². The number of benzene rings is 3. The van der Waals surface area contributed by atoms with Crippen molar-refractivity contribution in [2.75, 3.05) is 5.73 Å². The lowest BCUT2D eigenvalue weighted by Crippen LogP contribution is -2.27. The van der Waals surface area contributed by atoms with Crippen LogP contribution in [-0.2, 0) is 16.4 Å². The quantitative estimate of drug-likeness (QED) is 0.422. The van der Waals surface area contributed by atoms with Crippen LogP contribution in [0.4, 0.5) is 10.2 Å². The van der Waals surface area contributed by atoms with Crippen LogP contribution in [0.1, 0.15) is 23.6 Å². The fourth-order valence-electron chi connectivity index (χ4n) is 4.24. The van der Waals surface area contributed by atoms with Crippen LogP contribution < -0.4 is 10.5 Å². The third-order valence-corrected chi connectivity index (χ3v) is 7.36. The zero-order chi connectivity index (χ0) is 23.0. The van der Waals surface area contributed by atoms with Gasteiger partial charge < -0.3 is 5.73 Å². The molecule has 0 saturated carbocycles. The van der Waals surface area contributed by atoms with Gasteiger partial charge in [0.1, 0.15) is 11.6 Å². The van der Waals surface area contributed by atoms with Crippen LogP contribution in [0.5, 0.6) is 0 Å². The topological polar surface area (TPSA) is 98.0 Å². The first-order chi connectivity index (χ1) is 15.9. The lowest BCUT2D eigenvalue weighted by molar-refractivity contribution is 0.554. The number of halogens is 1. The van der Waals surface area contributed by atoms with Gasteiger partial charge in [0.25, 0.3) is 0 Å². The molecule has 0 bridgehead atoms. The number of nitrogens with two attached hydrogens (primary N) is 1. The van der Waals surface area contributed by atoms with Gasteiger partial charge in [0.15, 0.2) is 0 Å². The number of aromatic nitrogens is 2. The number of aryl methyl sites for hydroxylation is 1. The van der Waals surface area contributed by atoms with Gasteiger partial charge in [-0.3, -0.25) is 4.98 Å². The maximum Gasteiger partial charge on any atom is 0.241 e. The van der Waals surface area contributed by atoms with Crippen LogP contribution in [0, 0.1) is 5.82 Å². The number of nitrogens with zero attached hydrogens (tertiary/aromatic N) is 2. The maximum absolute atomic E-state index is 15.0. The van der Waals surface area contributed by atoms with E-state index in [0.717, 1.165) is 17.5 Å². The molecule has 0 radical (unpaired) electrons. The number of sulfonamides is 1. The smallest absolute Gasteiger partial charge is 0.241 e. The van der Waals surface area contributed by atoms with Crippen LogP contribution in [0.3, 0.4) is 0 Å². The van der Waals surface area contributed by atoms with E-state index in [9.17, 15) is 12.8 Å². The SMILES string of the molecule is Nc1cnc(-c2ccc(-c3ccccc3S(=O)(=O)N[C@H]3CCc4ccccc43)cc2F)cn1.S. The highest BCUT2D eigenvalue weighted by Crippen LogP contribution is 2.35. The molecule has 0 aliphatic heterocycles. The second kappa shape index (κ2) is 9.54. The summed E-state index contributed by atoms with van der Waals surface area (Å²) in [6, 6.07) is 18.7. The summed E-state index contributed by atoms with van der Waals surface area (Å²) in [7, 11) is -3.85. The number of fused-ring (bicyclic) bond motifs is 1. The summed E-state index contributed by atoms with van der Waals surface area (Å²) in [5, 5.41) is 0. The van der Waals surface area contributed by atoms with E-state index in [0.29, 0.717) is 23.2 Å². The maximum atomic E-state index is 15.0. The van der Waals surface area contributed by atoms with Crippen LogP contribution in [0.15, 0.2) is 84.0 Å². The number of nitrogens with one attached hydrogen (secondary N) is 1. The lowest BCUT2D eigenvalue weighted by Gasteiger charge is -2.17. The standard InChI is InChI=1S/C25H21FN4O2S.H2S/c26-21-13-17(9-11-20(21)23-14-29-25(27)15-28-23)19-7-3-4-8-24(19)33(31,32)30-22-12-10-16-5-1-2-6-18(16)22;/h1-9,11,13-15,22,30H,10,12H2,(H2,27,29);1H2/t22-;/m0./s1. The number of nitrogen functional groups attached to an aromatic ring is 1. The van der Waals surface area contributed by atoms with Gasteiger partial charge in [-0.25, -0.2) is 22.5 Å². The molecule has 6 nitrogen and oxygen atoms in total. The molecule has 1 aliphatic carbocycles. The summed E-state index contributed by atoms with van der Waals surface area (Å²) >= 11 is 0. The molecule has 1 heterocycles.